The van der Waals surface area contributed by atoms with E-state index in [1.165, 1.54) is 23.9 Å². The lowest BCUT2D eigenvalue weighted by Crippen LogP contribution is -2.15. The van der Waals surface area contributed by atoms with Crippen molar-refractivity contribution in [3.63, 3.8) is 0 Å². The Morgan fingerprint density at radius 3 is 2.58 bits per heavy atom. The molecule has 3 aromatic rings. The van der Waals surface area contributed by atoms with E-state index < -0.39 is 0 Å². The number of benzene rings is 2. The van der Waals surface area contributed by atoms with Crippen LogP contribution in [-0.4, -0.2) is 23.4 Å². The van der Waals surface area contributed by atoms with Gasteiger partial charge >= 0.3 is 0 Å². The smallest absolute Gasteiger partial charge is 0.277 e. The molecule has 5 nitrogen and oxygen atoms in total. The van der Waals surface area contributed by atoms with Gasteiger partial charge in [0.25, 0.3) is 5.22 Å². The van der Waals surface area contributed by atoms with Gasteiger partial charge in [-0.3, -0.25) is 0 Å². The average Bonchev–Trinajstić information content (AvgIpc) is 3.10. The standard InChI is InChI=1S/C17H13FN2O3S/c18-13-4-1-11(2-5-13)10-24-17-20-19-16(23-17)12-3-6-14-15(9-12)22-8-7-21-14/h1-6,9H,7-8,10H2. The van der Waals surface area contributed by atoms with Gasteiger partial charge in [0.1, 0.15) is 19.0 Å². The van der Waals surface area contributed by atoms with Crippen LogP contribution < -0.4 is 9.47 Å². The summed E-state index contributed by atoms with van der Waals surface area (Å²) in [6.45, 7) is 1.08. The van der Waals surface area contributed by atoms with Crippen LogP contribution in [0, 0.1) is 5.82 Å². The van der Waals surface area contributed by atoms with E-state index in [0.717, 1.165) is 16.9 Å². The van der Waals surface area contributed by atoms with Crippen molar-refractivity contribution >= 4 is 11.8 Å². The van der Waals surface area contributed by atoms with Gasteiger partial charge in [0.15, 0.2) is 11.5 Å². The van der Waals surface area contributed by atoms with Gasteiger partial charge in [-0.25, -0.2) is 4.39 Å². The number of hydrogen-bond donors (Lipinski definition) is 0. The normalized spacial score (nSPS) is 13.0. The highest BCUT2D eigenvalue weighted by Crippen LogP contribution is 2.34. The number of halogens is 1. The maximum Gasteiger partial charge on any atom is 0.277 e. The molecule has 122 valence electrons. The van der Waals surface area contributed by atoms with Crippen LogP contribution in [0.5, 0.6) is 11.5 Å². The minimum absolute atomic E-state index is 0.248. The zero-order valence-corrected chi connectivity index (χ0v) is 13.4. The van der Waals surface area contributed by atoms with E-state index >= 15 is 0 Å². The molecule has 0 atom stereocenters. The Morgan fingerprint density at radius 2 is 1.75 bits per heavy atom. The minimum Gasteiger partial charge on any atom is -0.486 e. The highest BCUT2D eigenvalue weighted by molar-refractivity contribution is 7.98. The number of nitrogens with zero attached hydrogens (tertiary/aromatic N) is 2. The lowest BCUT2D eigenvalue weighted by Gasteiger charge is -2.18. The molecular weight excluding hydrogens is 331 g/mol. The SMILES string of the molecule is Fc1ccc(CSc2nnc(-c3ccc4c(c3)OCCO4)o2)cc1. The Kier molecular flexibility index (Phi) is 4.08. The Hall–Kier alpha value is -2.54. The Bertz CT molecular complexity index is 851. The Balaban J connectivity index is 1.47. The molecule has 1 aromatic heterocycles. The predicted molar refractivity (Wildman–Crippen MR) is 86.7 cm³/mol. The monoisotopic (exact) mass is 344 g/mol. The van der Waals surface area contributed by atoms with Crippen molar-refractivity contribution in [2.45, 2.75) is 11.0 Å². The lowest BCUT2D eigenvalue weighted by molar-refractivity contribution is 0.171. The predicted octanol–water partition coefficient (Wildman–Crippen LogP) is 3.94. The zero-order chi connectivity index (χ0) is 16.4. The summed E-state index contributed by atoms with van der Waals surface area (Å²) >= 11 is 1.40. The minimum atomic E-state index is -0.248. The van der Waals surface area contributed by atoms with E-state index in [2.05, 4.69) is 10.2 Å². The second-order valence-electron chi connectivity index (χ2n) is 5.15. The van der Waals surface area contributed by atoms with Gasteiger partial charge in [0.05, 0.1) is 0 Å². The van der Waals surface area contributed by atoms with E-state index in [1.54, 1.807) is 12.1 Å². The topological polar surface area (TPSA) is 57.4 Å². The van der Waals surface area contributed by atoms with Crippen molar-refractivity contribution in [1.29, 1.82) is 0 Å². The highest BCUT2D eigenvalue weighted by atomic mass is 32.2. The summed E-state index contributed by atoms with van der Waals surface area (Å²) in [6, 6.07) is 11.9. The molecule has 0 unspecified atom stereocenters. The zero-order valence-electron chi connectivity index (χ0n) is 12.6. The number of rotatable bonds is 4. The third kappa shape index (κ3) is 3.21. The first-order chi connectivity index (χ1) is 11.8. The van der Waals surface area contributed by atoms with Crippen LogP contribution in [0.4, 0.5) is 4.39 Å². The quantitative estimate of drug-likeness (QED) is 0.668. The van der Waals surface area contributed by atoms with Crippen molar-refractivity contribution < 1.29 is 18.3 Å². The van der Waals surface area contributed by atoms with Gasteiger partial charge in [-0.1, -0.05) is 23.9 Å². The molecule has 1 aliphatic heterocycles. The van der Waals surface area contributed by atoms with Crippen molar-refractivity contribution in [3.8, 4) is 23.0 Å². The van der Waals surface area contributed by atoms with Crippen LogP contribution in [0.25, 0.3) is 11.5 Å². The third-order valence-electron chi connectivity index (χ3n) is 3.47. The van der Waals surface area contributed by atoms with E-state index in [0.29, 0.717) is 35.8 Å². The number of hydrogen-bond acceptors (Lipinski definition) is 6. The van der Waals surface area contributed by atoms with E-state index in [-0.39, 0.29) is 5.82 Å². The summed E-state index contributed by atoms with van der Waals surface area (Å²) in [5, 5.41) is 8.57. The van der Waals surface area contributed by atoms with Gasteiger partial charge in [-0.2, -0.15) is 0 Å². The summed E-state index contributed by atoms with van der Waals surface area (Å²) in [5.74, 6) is 2.20. The molecule has 7 heteroatoms. The summed E-state index contributed by atoms with van der Waals surface area (Å²) in [6.07, 6.45) is 0. The molecule has 2 aromatic carbocycles. The summed E-state index contributed by atoms with van der Waals surface area (Å²) in [7, 11) is 0. The number of fused-ring (bicyclic) bond motifs is 1. The largest absolute Gasteiger partial charge is 0.486 e. The fourth-order valence-corrected chi connectivity index (χ4v) is 3.01. The molecule has 0 bridgehead atoms. The van der Waals surface area contributed by atoms with E-state index in [1.807, 2.05) is 18.2 Å². The van der Waals surface area contributed by atoms with Crippen LogP contribution in [0.15, 0.2) is 52.1 Å². The van der Waals surface area contributed by atoms with E-state index in [9.17, 15) is 4.39 Å². The van der Waals surface area contributed by atoms with Gasteiger partial charge < -0.3 is 13.9 Å². The van der Waals surface area contributed by atoms with Gasteiger partial charge in [-0.05, 0) is 35.9 Å². The molecule has 0 aliphatic carbocycles. The molecule has 1 aliphatic rings. The fraction of sp³-hybridized carbons (Fsp3) is 0.176. The molecule has 0 radical (unpaired) electrons. The lowest BCUT2D eigenvalue weighted by atomic mass is 10.2. The van der Waals surface area contributed by atoms with Crippen molar-refractivity contribution in [2.24, 2.45) is 0 Å². The molecule has 0 fully saturated rings. The highest BCUT2D eigenvalue weighted by Gasteiger charge is 2.15. The number of ether oxygens (including phenoxy) is 2. The second-order valence-corrected chi connectivity index (χ2v) is 6.07. The molecule has 0 spiro atoms. The molecule has 4 rings (SSSR count). The van der Waals surface area contributed by atoms with Crippen molar-refractivity contribution in [1.82, 2.24) is 10.2 Å². The third-order valence-corrected chi connectivity index (χ3v) is 4.36. The van der Waals surface area contributed by atoms with Crippen LogP contribution in [-0.2, 0) is 5.75 Å². The van der Waals surface area contributed by atoms with Crippen molar-refractivity contribution in [3.05, 3.63) is 53.8 Å². The van der Waals surface area contributed by atoms with Crippen LogP contribution in [0.1, 0.15) is 5.56 Å². The second kappa shape index (κ2) is 6.52. The fourth-order valence-electron chi connectivity index (χ4n) is 2.29. The maximum absolute atomic E-state index is 12.9. The molecule has 0 amide bonds. The van der Waals surface area contributed by atoms with Crippen LogP contribution in [0.2, 0.25) is 0 Å². The first kappa shape index (κ1) is 15.0. The van der Waals surface area contributed by atoms with Gasteiger partial charge in [-0.15, -0.1) is 10.2 Å². The summed E-state index contributed by atoms with van der Waals surface area (Å²) in [5.41, 5.74) is 1.76. The number of aromatic nitrogens is 2. The molecular formula is C17H13FN2O3S. The molecule has 2 heterocycles. The first-order valence-corrected chi connectivity index (χ1v) is 8.37. The van der Waals surface area contributed by atoms with Gasteiger partial charge in [0.2, 0.25) is 5.89 Å². The molecule has 0 saturated carbocycles. The van der Waals surface area contributed by atoms with E-state index in [4.69, 9.17) is 13.9 Å². The number of thioether (sulfide) groups is 1. The average molecular weight is 344 g/mol. The summed E-state index contributed by atoms with van der Waals surface area (Å²) in [4.78, 5) is 0. The van der Waals surface area contributed by atoms with Crippen molar-refractivity contribution in [2.75, 3.05) is 13.2 Å². The Morgan fingerprint density at radius 1 is 0.958 bits per heavy atom. The van der Waals surface area contributed by atoms with Crippen LogP contribution >= 0.6 is 11.8 Å². The Labute approximate surface area is 141 Å². The maximum atomic E-state index is 12.9. The van der Waals surface area contributed by atoms with Crippen LogP contribution in [0.3, 0.4) is 0 Å². The van der Waals surface area contributed by atoms with Gasteiger partial charge in [0, 0.05) is 11.3 Å². The molecule has 24 heavy (non-hydrogen) atoms. The molecule has 0 saturated heterocycles. The summed E-state index contributed by atoms with van der Waals surface area (Å²) < 4.78 is 29.6. The molecule has 0 N–H and O–H groups in total. The first-order valence-electron chi connectivity index (χ1n) is 7.39.